The van der Waals surface area contributed by atoms with E-state index in [9.17, 15) is 0 Å². The zero-order valence-corrected chi connectivity index (χ0v) is 24.3. The second-order valence-electron chi connectivity index (χ2n) is 11.9. The average molecular weight is 456 g/mol. The molecule has 5 nitrogen and oxygen atoms in total. The fraction of sp³-hybridized carbons (Fsp3) is 1.00. The van der Waals surface area contributed by atoms with Gasteiger partial charge in [-0.25, -0.2) is 0 Å². The highest BCUT2D eigenvalue weighted by Gasteiger charge is 2.23. The molecule has 0 aliphatic rings. The SMILES string of the molecule is CC(C)N(CCNCCN(C(C)C)C(C)(C)C)CCN(CCN(C(C)C)C(C)C)C(C)C. The summed E-state index contributed by atoms with van der Waals surface area (Å²) in [7, 11) is 0. The molecule has 0 spiro atoms. The first-order valence-electron chi connectivity index (χ1n) is 13.4. The molecule has 0 rings (SSSR count). The summed E-state index contributed by atoms with van der Waals surface area (Å²) in [4.78, 5) is 10.5. The lowest BCUT2D eigenvalue weighted by Crippen LogP contribution is -2.49. The van der Waals surface area contributed by atoms with E-state index in [4.69, 9.17) is 0 Å². The normalized spacial score (nSPS) is 13.7. The maximum absolute atomic E-state index is 3.70. The van der Waals surface area contributed by atoms with Crippen LogP contribution in [0.1, 0.15) is 90.0 Å². The van der Waals surface area contributed by atoms with Gasteiger partial charge < -0.3 is 5.32 Å². The second kappa shape index (κ2) is 15.7. The quantitative estimate of drug-likeness (QED) is 0.323. The van der Waals surface area contributed by atoms with E-state index in [1.54, 1.807) is 0 Å². The van der Waals surface area contributed by atoms with Crippen molar-refractivity contribution in [1.82, 2.24) is 24.9 Å². The summed E-state index contributed by atoms with van der Waals surface area (Å²) < 4.78 is 0. The van der Waals surface area contributed by atoms with Crippen molar-refractivity contribution in [3.63, 3.8) is 0 Å². The van der Waals surface area contributed by atoms with Crippen LogP contribution in [-0.4, -0.2) is 108 Å². The number of hydrogen-bond donors (Lipinski definition) is 1. The molecule has 5 heteroatoms. The maximum atomic E-state index is 3.70. The Morgan fingerprint density at radius 1 is 0.500 bits per heavy atom. The van der Waals surface area contributed by atoms with Gasteiger partial charge in [-0.2, -0.15) is 0 Å². The molecule has 0 atom stereocenters. The smallest absolute Gasteiger partial charge is 0.0128 e. The fourth-order valence-electron chi connectivity index (χ4n) is 4.79. The zero-order chi connectivity index (χ0) is 25.1. The van der Waals surface area contributed by atoms with Crippen LogP contribution in [-0.2, 0) is 0 Å². The largest absolute Gasteiger partial charge is 0.314 e. The van der Waals surface area contributed by atoms with Gasteiger partial charge in [0.2, 0.25) is 0 Å². The van der Waals surface area contributed by atoms with Gasteiger partial charge in [0.05, 0.1) is 0 Å². The first kappa shape index (κ1) is 31.8. The summed E-state index contributed by atoms with van der Waals surface area (Å²) in [5, 5.41) is 3.70. The van der Waals surface area contributed by atoms with Gasteiger partial charge in [-0.05, 0) is 90.0 Å². The standard InChI is InChI=1S/C27H61N5/c1-22(2)29(16-14-28-15-17-32(26(9)10)27(11,12)13)18-19-30(23(3)4)20-21-31(24(5)6)25(7)8/h22-26,28H,14-21H2,1-13H3. The van der Waals surface area contributed by atoms with Gasteiger partial charge in [-0.15, -0.1) is 0 Å². The highest BCUT2D eigenvalue weighted by molar-refractivity contribution is 4.80. The molecule has 0 aliphatic carbocycles. The van der Waals surface area contributed by atoms with Crippen LogP contribution in [0.5, 0.6) is 0 Å². The number of hydrogen-bond acceptors (Lipinski definition) is 5. The third kappa shape index (κ3) is 12.9. The van der Waals surface area contributed by atoms with Crippen molar-refractivity contribution in [2.45, 2.75) is 126 Å². The molecule has 1 N–H and O–H groups in total. The minimum atomic E-state index is 0.223. The molecule has 0 aliphatic heterocycles. The molecule has 0 radical (unpaired) electrons. The van der Waals surface area contributed by atoms with E-state index in [-0.39, 0.29) is 5.54 Å². The topological polar surface area (TPSA) is 25.0 Å². The average Bonchev–Trinajstić information content (AvgIpc) is 2.62. The van der Waals surface area contributed by atoms with Gasteiger partial charge in [-0.3, -0.25) is 19.6 Å². The molecule has 0 aromatic heterocycles. The monoisotopic (exact) mass is 455 g/mol. The lowest BCUT2D eigenvalue weighted by atomic mass is 10.0. The van der Waals surface area contributed by atoms with Crippen LogP contribution in [0.3, 0.4) is 0 Å². The molecule has 32 heavy (non-hydrogen) atoms. The predicted molar refractivity (Wildman–Crippen MR) is 145 cm³/mol. The van der Waals surface area contributed by atoms with E-state index < -0.39 is 0 Å². The second-order valence-corrected chi connectivity index (χ2v) is 11.9. The Kier molecular flexibility index (Phi) is 15.6. The van der Waals surface area contributed by atoms with E-state index in [2.05, 4.69) is 115 Å². The Hall–Kier alpha value is -0.200. The molecule has 0 amide bonds. The van der Waals surface area contributed by atoms with Crippen LogP contribution in [0.2, 0.25) is 0 Å². The van der Waals surface area contributed by atoms with Crippen molar-refractivity contribution >= 4 is 0 Å². The molecular formula is C27H61N5. The third-order valence-electron chi connectivity index (χ3n) is 6.70. The van der Waals surface area contributed by atoms with Crippen LogP contribution in [0.4, 0.5) is 0 Å². The van der Waals surface area contributed by atoms with Crippen molar-refractivity contribution in [3.8, 4) is 0 Å². The van der Waals surface area contributed by atoms with Gasteiger partial charge >= 0.3 is 0 Å². The van der Waals surface area contributed by atoms with Crippen molar-refractivity contribution in [3.05, 3.63) is 0 Å². The van der Waals surface area contributed by atoms with E-state index >= 15 is 0 Å². The summed E-state index contributed by atoms with van der Waals surface area (Å²) in [5.74, 6) is 0. The first-order valence-corrected chi connectivity index (χ1v) is 13.4. The summed E-state index contributed by atoms with van der Waals surface area (Å²) in [5.41, 5.74) is 0.223. The molecule has 0 heterocycles. The molecule has 0 unspecified atom stereocenters. The molecule has 0 aromatic carbocycles. The Balaban J connectivity index is 4.56. The molecule has 0 bridgehead atoms. The van der Waals surface area contributed by atoms with E-state index in [1.165, 1.54) is 0 Å². The minimum Gasteiger partial charge on any atom is -0.314 e. The van der Waals surface area contributed by atoms with Gasteiger partial charge in [0, 0.05) is 88.1 Å². The lowest BCUT2D eigenvalue weighted by Gasteiger charge is -2.39. The summed E-state index contributed by atoms with van der Waals surface area (Å²) in [6.07, 6.45) is 0. The molecule has 0 saturated heterocycles. The van der Waals surface area contributed by atoms with Gasteiger partial charge in [0.15, 0.2) is 0 Å². The number of nitrogens with one attached hydrogen (secondary N) is 1. The number of rotatable bonds is 17. The molecular weight excluding hydrogens is 394 g/mol. The minimum absolute atomic E-state index is 0.223. The summed E-state index contributed by atoms with van der Waals surface area (Å²) in [6, 6.07) is 2.95. The molecule has 194 valence electrons. The van der Waals surface area contributed by atoms with Crippen LogP contribution in [0.15, 0.2) is 0 Å². The Labute approximate surface area is 203 Å². The highest BCUT2D eigenvalue weighted by atomic mass is 15.3. The third-order valence-corrected chi connectivity index (χ3v) is 6.70. The highest BCUT2D eigenvalue weighted by Crippen LogP contribution is 2.15. The zero-order valence-electron chi connectivity index (χ0n) is 24.3. The first-order chi connectivity index (χ1) is 14.7. The number of nitrogens with zero attached hydrogens (tertiary/aromatic N) is 4. The summed E-state index contributed by atoms with van der Waals surface area (Å²) in [6.45, 7) is 39.1. The van der Waals surface area contributed by atoms with Crippen molar-refractivity contribution in [1.29, 1.82) is 0 Å². The van der Waals surface area contributed by atoms with Crippen molar-refractivity contribution < 1.29 is 0 Å². The maximum Gasteiger partial charge on any atom is 0.0128 e. The van der Waals surface area contributed by atoms with Crippen molar-refractivity contribution in [2.24, 2.45) is 0 Å². The van der Waals surface area contributed by atoms with E-state index in [1.807, 2.05) is 0 Å². The predicted octanol–water partition coefficient (Wildman–Crippen LogP) is 4.62. The van der Waals surface area contributed by atoms with Crippen LogP contribution in [0, 0.1) is 0 Å². The van der Waals surface area contributed by atoms with Crippen LogP contribution in [0.25, 0.3) is 0 Å². The van der Waals surface area contributed by atoms with Gasteiger partial charge in [-0.1, -0.05) is 0 Å². The van der Waals surface area contributed by atoms with E-state index in [0.717, 1.165) is 52.4 Å². The molecule has 0 saturated carbocycles. The lowest BCUT2D eigenvalue weighted by molar-refractivity contribution is 0.0988. The summed E-state index contributed by atoms with van der Waals surface area (Å²) >= 11 is 0. The van der Waals surface area contributed by atoms with Crippen LogP contribution < -0.4 is 5.32 Å². The Bertz CT molecular complexity index is 445. The fourth-order valence-corrected chi connectivity index (χ4v) is 4.79. The van der Waals surface area contributed by atoms with Gasteiger partial charge in [0.1, 0.15) is 0 Å². The van der Waals surface area contributed by atoms with E-state index in [0.29, 0.717) is 30.2 Å². The van der Waals surface area contributed by atoms with Crippen LogP contribution >= 0.6 is 0 Å². The Morgan fingerprint density at radius 3 is 1.28 bits per heavy atom. The molecule has 0 fully saturated rings. The Morgan fingerprint density at radius 2 is 0.906 bits per heavy atom. The van der Waals surface area contributed by atoms with Crippen molar-refractivity contribution in [2.75, 3.05) is 52.4 Å². The van der Waals surface area contributed by atoms with Gasteiger partial charge in [0.25, 0.3) is 0 Å². The molecule has 0 aromatic rings.